The molecule has 4 aromatic rings. The van der Waals surface area contributed by atoms with E-state index in [1.54, 1.807) is 65.8 Å². The Bertz CT molecular complexity index is 1830. The molecule has 0 aliphatic heterocycles. The molecular formula is C44H52BrN3O5. The lowest BCUT2D eigenvalue weighted by atomic mass is 9.86. The van der Waals surface area contributed by atoms with E-state index in [9.17, 15) is 19.2 Å². The molecule has 3 atom stereocenters. The standard InChI is InChI=1S/C44H52BrN3O5/c1-41(2,3)53-40(52)44(6,31-28-34-20-14-9-15-21-34)48-39(51)43(5,30-27-33-18-12-8-13-19-33)47-38(50)42(4,29-26-32-16-10-7-11-17-32)46-37(49)35-22-24-36(45)25-23-35/h7-25H,26-31H2,1-6H3,(H,46,49)(H,47,50)(H,48,51)/t42-,43-,44-/m1/s1. The van der Waals surface area contributed by atoms with Crippen molar-refractivity contribution in [1.82, 2.24) is 16.0 Å². The van der Waals surface area contributed by atoms with Gasteiger partial charge in [-0.1, -0.05) is 107 Å². The van der Waals surface area contributed by atoms with Crippen molar-refractivity contribution in [2.75, 3.05) is 0 Å². The Morgan fingerprint density at radius 2 is 0.868 bits per heavy atom. The van der Waals surface area contributed by atoms with Gasteiger partial charge in [0.15, 0.2) is 0 Å². The average molecular weight is 783 g/mol. The predicted octanol–water partition coefficient (Wildman–Crippen LogP) is 7.93. The van der Waals surface area contributed by atoms with Crippen molar-refractivity contribution in [3.05, 3.63) is 142 Å². The van der Waals surface area contributed by atoms with Crippen LogP contribution in [0.2, 0.25) is 0 Å². The molecule has 3 N–H and O–H groups in total. The van der Waals surface area contributed by atoms with Crippen LogP contribution < -0.4 is 16.0 Å². The minimum absolute atomic E-state index is 0.215. The summed E-state index contributed by atoms with van der Waals surface area (Å²) in [7, 11) is 0. The summed E-state index contributed by atoms with van der Waals surface area (Å²) in [6, 6.07) is 36.0. The predicted molar refractivity (Wildman–Crippen MR) is 213 cm³/mol. The number of benzene rings is 4. The van der Waals surface area contributed by atoms with Gasteiger partial charge in [0.05, 0.1) is 0 Å². The number of amides is 3. The van der Waals surface area contributed by atoms with Crippen LogP contribution >= 0.6 is 15.9 Å². The van der Waals surface area contributed by atoms with Crippen molar-refractivity contribution in [1.29, 1.82) is 0 Å². The number of nitrogens with one attached hydrogen (secondary N) is 3. The van der Waals surface area contributed by atoms with Gasteiger partial charge >= 0.3 is 5.97 Å². The number of halogens is 1. The van der Waals surface area contributed by atoms with Crippen LogP contribution in [-0.4, -0.2) is 45.9 Å². The summed E-state index contributed by atoms with van der Waals surface area (Å²) >= 11 is 3.41. The second-order valence-electron chi connectivity index (χ2n) is 15.3. The first-order valence-electron chi connectivity index (χ1n) is 18.1. The molecule has 0 bridgehead atoms. The van der Waals surface area contributed by atoms with Gasteiger partial charge in [-0.05, 0) is 121 Å². The molecule has 280 valence electrons. The Hall–Kier alpha value is -4.76. The van der Waals surface area contributed by atoms with Crippen molar-refractivity contribution >= 4 is 39.6 Å². The minimum atomic E-state index is -1.50. The molecule has 4 aromatic carbocycles. The van der Waals surface area contributed by atoms with Crippen molar-refractivity contribution in [3.8, 4) is 0 Å². The smallest absolute Gasteiger partial charge is 0.332 e. The molecule has 0 radical (unpaired) electrons. The first-order valence-corrected chi connectivity index (χ1v) is 18.9. The SMILES string of the molecule is CC(C)(C)OC(=O)[C@@](C)(CCc1ccccc1)NC(=O)[C@@](C)(CCc1ccccc1)NC(=O)[C@@](C)(CCc1ccccc1)NC(=O)c1ccc(Br)cc1. The number of hydrogen-bond acceptors (Lipinski definition) is 5. The molecule has 8 nitrogen and oxygen atoms in total. The molecule has 0 aliphatic rings. The number of hydrogen-bond donors (Lipinski definition) is 3. The zero-order chi connectivity index (χ0) is 38.7. The van der Waals surface area contributed by atoms with Crippen molar-refractivity contribution in [3.63, 3.8) is 0 Å². The minimum Gasteiger partial charge on any atom is -0.458 e. The second kappa shape index (κ2) is 17.8. The van der Waals surface area contributed by atoms with Crippen molar-refractivity contribution < 1.29 is 23.9 Å². The quantitative estimate of drug-likeness (QED) is 0.100. The van der Waals surface area contributed by atoms with E-state index in [1.807, 2.05) is 91.0 Å². The van der Waals surface area contributed by atoms with Gasteiger partial charge in [-0.2, -0.15) is 0 Å². The molecule has 0 aliphatic carbocycles. The largest absolute Gasteiger partial charge is 0.458 e. The zero-order valence-corrected chi connectivity index (χ0v) is 33.2. The van der Waals surface area contributed by atoms with E-state index in [4.69, 9.17) is 4.74 Å². The van der Waals surface area contributed by atoms with Gasteiger partial charge in [0.1, 0.15) is 22.2 Å². The van der Waals surface area contributed by atoms with Gasteiger partial charge in [-0.15, -0.1) is 0 Å². The van der Waals surface area contributed by atoms with Crippen LogP contribution in [-0.2, 0) is 38.4 Å². The molecule has 0 unspecified atom stereocenters. The summed E-state index contributed by atoms with van der Waals surface area (Å²) in [5, 5.41) is 9.09. The molecule has 0 spiro atoms. The summed E-state index contributed by atoms with van der Waals surface area (Å²) in [4.78, 5) is 56.8. The Labute approximate surface area is 322 Å². The number of carbonyl (C=O) groups excluding carboxylic acids is 4. The highest BCUT2D eigenvalue weighted by molar-refractivity contribution is 9.10. The first-order chi connectivity index (χ1) is 25.0. The van der Waals surface area contributed by atoms with Crippen LogP contribution in [0.25, 0.3) is 0 Å². The number of rotatable bonds is 16. The summed E-state index contributed by atoms with van der Waals surface area (Å²) in [5.74, 6) is -2.04. The monoisotopic (exact) mass is 781 g/mol. The van der Waals surface area contributed by atoms with Gasteiger partial charge in [-0.3, -0.25) is 14.4 Å². The summed E-state index contributed by atoms with van der Waals surface area (Å²) in [6.07, 6.45) is 2.20. The Morgan fingerprint density at radius 3 is 1.26 bits per heavy atom. The van der Waals surface area contributed by atoms with Gasteiger partial charge < -0.3 is 20.7 Å². The first kappa shape index (κ1) is 41.0. The Balaban J connectivity index is 1.68. The fraction of sp³-hybridized carbons (Fsp3) is 0.364. The van der Waals surface area contributed by atoms with Crippen LogP contribution in [0.4, 0.5) is 0 Å². The van der Waals surface area contributed by atoms with E-state index in [2.05, 4.69) is 31.9 Å². The van der Waals surface area contributed by atoms with E-state index < -0.39 is 45.9 Å². The van der Waals surface area contributed by atoms with Crippen LogP contribution in [0.1, 0.15) is 87.9 Å². The third-order valence-electron chi connectivity index (χ3n) is 9.40. The number of ether oxygens (including phenoxy) is 1. The highest BCUT2D eigenvalue weighted by atomic mass is 79.9. The second-order valence-corrected chi connectivity index (χ2v) is 16.2. The van der Waals surface area contributed by atoms with Gasteiger partial charge in [0, 0.05) is 10.0 Å². The van der Waals surface area contributed by atoms with Gasteiger partial charge in [0.25, 0.3) is 5.91 Å². The summed E-state index contributed by atoms with van der Waals surface area (Å²) < 4.78 is 6.67. The third kappa shape index (κ3) is 12.1. The van der Waals surface area contributed by atoms with Crippen molar-refractivity contribution in [2.45, 2.75) is 102 Å². The van der Waals surface area contributed by atoms with Crippen LogP contribution in [0.5, 0.6) is 0 Å². The van der Waals surface area contributed by atoms with E-state index >= 15 is 0 Å². The van der Waals surface area contributed by atoms with E-state index in [0.29, 0.717) is 24.8 Å². The zero-order valence-electron chi connectivity index (χ0n) is 31.6. The van der Waals surface area contributed by atoms with Crippen LogP contribution in [0, 0.1) is 0 Å². The molecule has 0 aromatic heterocycles. The average Bonchev–Trinajstić information content (AvgIpc) is 3.13. The lowest BCUT2D eigenvalue weighted by molar-refractivity contribution is -0.164. The molecular weight excluding hydrogens is 730 g/mol. The molecule has 0 fully saturated rings. The molecule has 0 heterocycles. The number of aryl methyl sites for hydroxylation is 3. The maximum Gasteiger partial charge on any atom is 0.332 e. The summed E-state index contributed by atoms with van der Waals surface area (Å²) in [5.41, 5.74) is -1.76. The van der Waals surface area contributed by atoms with E-state index in [1.165, 1.54) is 0 Å². The normalized spacial score (nSPS) is 14.8. The summed E-state index contributed by atoms with van der Waals surface area (Å²) in [6.45, 7) is 10.4. The molecule has 3 amide bonds. The molecule has 4 rings (SSSR count). The maximum atomic E-state index is 14.7. The molecule has 0 saturated heterocycles. The molecule has 53 heavy (non-hydrogen) atoms. The maximum absolute atomic E-state index is 14.7. The van der Waals surface area contributed by atoms with E-state index in [0.717, 1.165) is 21.2 Å². The number of carbonyl (C=O) groups is 4. The Morgan fingerprint density at radius 1 is 0.509 bits per heavy atom. The molecule has 9 heteroatoms. The Kier molecular flexibility index (Phi) is 13.8. The van der Waals surface area contributed by atoms with Crippen molar-refractivity contribution in [2.24, 2.45) is 0 Å². The lowest BCUT2D eigenvalue weighted by Crippen LogP contribution is -2.67. The van der Waals surface area contributed by atoms with Gasteiger partial charge in [0.2, 0.25) is 11.8 Å². The number of esters is 1. The highest BCUT2D eigenvalue weighted by Crippen LogP contribution is 2.25. The fourth-order valence-electron chi connectivity index (χ4n) is 5.89. The topological polar surface area (TPSA) is 114 Å². The fourth-order valence-corrected chi connectivity index (χ4v) is 6.15. The molecule has 0 saturated carbocycles. The lowest BCUT2D eigenvalue weighted by Gasteiger charge is -2.39. The van der Waals surface area contributed by atoms with Crippen LogP contribution in [0.15, 0.2) is 120 Å². The van der Waals surface area contributed by atoms with Gasteiger partial charge in [-0.25, -0.2) is 4.79 Å². The van der Waals surface area contributed by atoms with E-state index in [-0.39, 0.29) is 19.3 Å². The highest BCUT2D eigenvalue weighted by Gasteiger charge is 2.46. The van der Waals surface area contributed by atoms with Crippen LogP contribution in [0.3, 0.4) is 0 Å². The third-order valence-corrected chi connectivity index (χ3v) is 9.92.